The van der Waals surface area contributed by atoms with Crippen LogP contribution in [-0.2, 0) is 9.59 Å². The van der Waals surface area contributed by atoms with Crippen LogP contribution in [0.15, 0.2) is 82.0 Å². The van der Waals surface area contributed by atoms with E-state index in [9.17, 15) is 14.7 Å². The molecule has 0 radical (unpaired) electrons. The molecule has 3 aromatic rings. The van der Waals surface area contributed by atoms with Gasteiger partial charge in [-0.05, 0) is 48.6 Å². The zero-order valence-corrected chi connectivity index (χ0v) is 22.2. The number of nitrogens with one attached hydrogen (secondary N) is 1. The summed E-state index contributed by atoms with van der Waals surface area (Å²) in [4.78, 5) is 39.3. The summed E-state index contributed by atoms with van der Waals surface area (Å²) in [5, 5.41) is 13.7. The smallest absolute Gasteiger partial charge is 0.267 e. The molecule has 2 amide bonds. The van der Waals surface area contributed by atoms with Crippen molar-refractivity contribution in [3.63, 3.8) is 0 Å². The van der Waals surface area contributed by atoms with Crippen LogP contribution >= 0.6 is 11.8 Å². The predicted octanol–water partition coefficient (Wildman–Crippen LogP) is 4.63. The molecule has 196 valence electrons. The van der Waals surface area contributed by atoms with E-state index in [1.54, 1.807) is 48.7 Å². The van der Waals surface area contributed by atoms with E-state index < -0.39 is 11.8 Å². The number of para-hydroxylation sites is 1. The van der Waals surface area contributed by atoms with Gasteiger partial charge in [-0.15, -0.1) is 0 Å². The van der Waals surface area contributed by atoms with Gasteiger partial charge < -0.3 is 26.0 Å². The highest BCUT2D eigenvalue weighted by atomic mass is 32.2. The van der Waals surface area contributed by atoms with Crippen LogP contribution in [0.25, 0.3) is 0 Å². The number of nitrogens with two attached hydrogens (primary N) is 1. The minimum Gasteiger partial charge on any atom is -0.509 e. The normalized spacial score (nSPS) is 17.2. The lowest BCUT2D eigenvalue weighted by atomic mass is 9.83. The molecule has 1 fully saturated rings. The number of carbonyl (C=O) groups excluding carboxylic acids is 2. The van der Waals surface area contributed by atoms with E-state index in [0.717, 1.165) is 36.6 Å². The summed E-state index contributed by atoms with van der Waals surface area (Å²) in [6.45, 7) is 6.36. The van der Waals surface area contributed by atoms with E-state index in [1.807, 2.05) is 12.1 Å². The number of carbonyl (C=O) groups is 2. The van der Waals surface area contributed by atoms with Gasteiger partial charge in [-0.1, -0.05) is 49.9 Å². The maximum atomic E-state index is 12.9. The molecule has 38 heavy (non-hydrogen) atoms. The molecule has 0 bridgehead atoms. The zero-order valence-electron chi connectivity index (χ0n) is 21.3. The number of amides is 2. The highest BCUT2D eigenvalue weighted by molar-refractivity contribution is 7.99. The Kier molecular flexibility index (Phi) is 6.98. The SMILES string of the molecule is CC1(C)CCN(c2cnc(Sc3cccc(NC(=O)C4=C(O)CN(c5ccccc5)C4=O)c3)c(N)n2)CC1. The number of nitrogen functional groups attached to an aromatic ring is 1. The quantitative estimate of drug-likeness (QED) is 0.394. The lowest BCUT2D eigenvalue weighted by molar-refractivity contribution is -0.119. The van der Waals surface area contributed by atoms with Crippen molar-refractivity contribution in [3.05, 3.63) is 72.1 Å². The van der Waals surface area contributed by atoms with Crippen LogP contribution in [0.2, 0.25) is 0 Å². The summed E-state index contributed by atoms with van der Waals surface area (Å²) in [6, 6.07) is 16.0. The van der Waals surface area contributed by atoms with Crippen molar-refractivity contribution in [2.24, 2.45) is 5.41 Å². The first-order valence-corrected chi connectivity index (χ1v) is 13.3. The highest BCUT2D eigenvalue weighted by Gasteiger charge is 2.36. The molecule has 1 aromatic heterocycles. The van der Waals surface area contributed by atoms with Gasteiger partial charge in [-0.2, -0.15) is 0 Å². The van der Waals surface area contributed by atoms with Crippen LogP contribution < -0.4 is 20.9 Å². The molecule has 0 atom stereocenters. The fourth-order valence-electron chi connectivity index (χ4n) is 4.50. The van der Waals surface area contributed by atoms with Crippen LogP contribution in [0.5, 0.6) is 0 Å². The molecule has 9 nitrogen and oxygen atoms in total. The molecule has 1 saturated heterocycles. The Morgan fingerprint density at radius 3 is 2.55 bits per heavy atom. The number of anilines is 4. The minimum absolute atomic E-state index is 0.0510. The molecule has 4 N–H and O–H groups in total. The first kappa shape index (κ1) is 25.6. The molecule has 0 aliphatic carbocycles. The number of aromatic nitrogens is 2. The van der Waals surface area contributed by atoms with Crippen molar-refractivity contribution in [1.29, 1.82) is 0 Å². The maximum Gasteiger partial charge on any atom is 0.267 e. The van der Waals surface area contributed by atoms with E-state index in [1.165, 1.54) is 16.7 Å². The number of nitrogens with zero attached hydrogens (tertiary/aromatic N) is 4. The van der Waals surface area contributed by atoms with Gasteiger partial charge in [0.25, 0.3) is 11.8 Å². The second kappa shape index (κ2) is 10.4. The van der Waals surface area contributed by atoms with Crippen molar-refractivity contribution in [3.8, 4) is 0 Å². The minimum atomic E-state index is -0.665. The van der Waals surface area contributed by atoms with Gasteiger partial charge in [-0.3, -0.25) is 9.59 Å². The first-order valence-electron chi connectivity index (χ1n) is 12.5. The average molecular weight is 531 g/mol. The standard InChI is InChI=1S/C28H30N6O3S/c1-28(2)11-13-33(14-12-28)22-16-30-26(24(29)32-22)38-20-10-6-7-18(15-20)31-25(36)23-21(35)17-34(27(23)37)19-8-4-3-5-9-19/h3-10,15-16,35H,11-14,17H2,1-2H3,(H2,29,32)(H,31,36). The maximum absolute atomic E-state index is 12.9. The van der Waals surface area contributed by atoms with Crippen LogP contribution in [0, 0.1) is 5.41 Å². The molecular formula is C28H30N6O3S. The summed E-state index contributed by atoms with van der Waals surface area (Å²) >= 11 is 1.34. The number of hydrogen-bond acceptors (Lipinski definition) is 8. The largest absolute Gasteiger partial charge is 0.509 e. The molecule has 2 aliphatic heterocycles. The molecule has 2 aromatic carbocycles. The third kappa shape index (κ3) is 5.45. The molecule has 10 heteroatoms. The predicted molar refractivity (Wildman–Crippen MR) is 149 cm³/mol. The molecule has 2 aliphatic rings. The Labute approximate surface area is 225 Å². The van der Waals surface area contributed by atoms with Crippen molar-refractivity contribution < 1.29 is 14.7 Å². The Bertz CT molecular complexity index is 1400. The lowest BCUT2D eigenvalue weighted by Gasteiger charge is -2.37. The second-order valence-corrected chi connectivity index (χ2v) is 11.3. The summed E-state index contributed by atoms with van der Waals surface area (Å²) in [5.74, 6) is -0.345. The fraction of sp³-hybridized carbons (Fsp3) is 0.286. The Morgan fingerprint density at radius 1 is 1.11 bits per heavy atom. The Morgan fingerprint density at radius 2 is 1.84 bits per heavy atom. The van der Waals surface area contributed by atoms with Gasteiger partial charge in [-0.25, -0.2) is 9.97 Å². The van der Waals surface area contributed by atoms with Crippen molar-refractivity contribution >= 4 is 46.6 Å². The first-order chi connectivity index (χ1) is 18.2. The molecule has 0 unspecified atom stereocenters. The van der Waals surface area contributed by atoms with E-state index in [-0.39, 0.29) is 17.9 Å². The number of benzene rings is 2. The summed E-state index contributed by atoms with van der Waals surface area (Å²) in [5.41, 5.74) is 7.42. The average Bonchev–Trinajstić information content (AvgIpc) is 3.19. The Hall–Kier alpha value is -4.05. The monoisotopic (exact) mass is 530 g/mol. The lowest BCUT2D eigenvalue weighted by Crippen LogP contribution is -2.37. The van der Waals surface area contributed by atoms with Gasteiger partial charge in [0.15, 0.2) is 5.82 Å². The van der Waals surface area contributed by atoms with Gasteiger partial charge in [0.05, 0.1) is 12.7 Å². The third-order valence-electron chi connectivity index (χ3n) is 6.85. The van der Waals surface area contributed by atoms with Gasteiger partial charge >= 0.3 is 0 Å². The summed E-state index contributed by atoms with van der Waals surface area (Å²) in [6.07, 6.45) is 3.93. The molecule has 5 rings (SSSR count). The molecule has 0 spiro atoms. The number of aliphatic hydroxyl groups excluding tert-OH is 1. The summed E-state index contributed by atoms with van der Waals surface area (Å²) in [7, 11) is 0. The van der Waals surface area contributed by atoms with Crippen LogP contribution in [0.1, 0.15) is 26.7 Å². The van der Waals surface area contributed by atoms with Crippen LogP contribution in [0.3, 0.4) is 0 Å². The highest BCUT2D eigenvalue weighted by Crippen LogP contribution is 2.35. The van der Waals surface area contributed by atoms with E-state index in [4.69, 9.17) is 5.73 Å². The third-order valence-corrected chi connectivity index (χ3v) is 7.85. The van der Waals surface area contributed by atoms with Gasteiger partial charge in [0.1, 0.15) is 22.2 Å². The number of piperidine rings is 1. The Balaban J connectivity index is 1.25. The topological polar surface area (TPSA) is 125 Å². The second-order valence-electron chi connectivity index (χ2n) is 10.2. The molecular weight excluding hydrogens is 500 g/mol. The van der Waals surface area contributed by atoms with Crippen LogP contribution in [-0.4, -0.2) is 46.5 Å². The molecule has 3 heterocycles. The summed E-state index contributed by atoms with van der Waals surface area (Å²) < 4.78 is 0. The van der Waals surface area contributed by atoms with Crippen molar-refractivity contribution in [2.75, 3.05) is 40.5 Å². The van der Waals surface area contributed by atoms with Crippen LogP contribution in [0.4, 0.5) is 23.0 Å². The number of aliphatic hydroxyl groups is 1. The van der Waals surface area contributed by atoms with E-state index >= 15 is 0 Å². The van der Waals surface area contributed by atoms with Crippen molar-refractivity contribution in [2.45, 2.75) is 36.6 Å². The zero-order chi connectivity index (χ0) is 26.9. The molecule has 0 saturated carbocycles. The van der Waals surface area contributed by atoms with E-state index in [2.05, 4.69) is 34.0 Å². The number of rotatable bonds is 6. The van der Waals surface area contributed by atoms with Crippen molar-refractivity contribution in [1.82, 2.24) is 9.97 Å². The number of hydrogen-bond donors (Lipinski definition) is 3. The fourth-order valence-corrected chi connectivity index (χ4v) is 5.31. The van der Waals surface area contributed by atoms with E-state index in [0.29, 0.717) is 27.6 Å². The van der Waals surface area contributed by atoms with Gasteiger partial charge in [0.2, 0.25) is 0 Å². The van der Waals surface area contributed by atoms with Gasteiger partial charge in [0, 0.05) is 29.4 Å².